The zero-order chi connectivity index (χ0) is 104. The molecule has 4 saturated heterocycles. The summed E-state index contributed by atoms with van der Waals surface area (Å²) in [4.78, 5) is 169. The third-order valence-electron chi connectivity index (χ3n) is 27.7. The number of fused-ring (bicyclic) bond motifs is 7. The van der Waals surface area contributed by atoms with Gasteiger partial charge in [0, 0.05) is 72.8 Å². The summed E-state index contributed by atoms with van der Waals surface area (Å²) < 4.78 is 33.9. The number of alkyl carbamates (subject to hydrolysis) is 3. The molecule has 9 amide bonds. The van der Waals surface area contributed by atoms with E-state index in [1.807, 2.05) is 115 Å². The normalized spacial score (nSPS) is 26.7. The van der Waals surface area contributed by atoms with Crippen LogP contribution in [0.5, 0.6) is 17.2 Å². The summed E-state index contributed by atoms with van der Waals surface area (Å²) in [7, 11) is 3.17. The van der Waals surface area contributed by atoms with E-state index < -0.39 is 159 Å². The molecule has 0 bridgehead atoms. The van der Waals surface area contributed by atoms with Crippen LogP contribution >= 0.6 is 15.9 Å². The first-order valence-electron chi connectivity index (χ1n) is 50.1. The molecular weight excluding hydrogens is 1950 g/mol. The highest BCUT2D eigenvalue weighted by Crippen LogP contribution is 2.50. The first-order valence-corrected chi connectivity index (χ1v) is 50.9. The molecule has 15 atom stereocenters. The Morgan fingerprint density at radius 2 is 0.836 bits per heavy atom. The van der Waals surface area contributed by atoms with Gasteiger partial charge in [0.15, 0.2) is 0 Å². The molecule has 9 N–H and O–H groups in total. The van der Waals surface area contributed by atoms with Crippen molar-refractivity contribution < 1.29 is 101 Å². The molecule has 0 spiro atoms. The monoisotopic (exact) mass is 2080 g/mol. The number of aromatic nitrogens is 12. The van der Waals surface area contributed by atoms with Crippen molar-refractivity contribution in [2.45, 2.75) is 304 Å². The first-order chi connectivity index (χ1) is 69.6. The highest BCUT2D eigenvalue weighted by Gasteiger charge is 2.65. The van der Waals surface area contributed by atoms with Gasteiger partial charge in [-0.25, -0.2) is 28.8 Å². The Balaban J connectivity index is 0.000000165. The molecular formula is C103H130BrN21O21. The lowest BCUT2D eigenvalue weighted by Gasteiger charge is -2.30. The molecule has 6 aliphatic heterocycles. The molecule has 3 saturated carbocycles. The van der Waals surface area contributed by atoms with Crippen LogP contribution in [-0.2, 0) is 64.0 Å². The number of methoxy groups -OCH3 is 2. The predicted octanol–water partition coefficient (Wildman–Crippen LogP) is 12.3. The van der Waals surface area contributed by atoms with E-state index in [9.17, 15) is 72.9 Å². The number of carbonyl (C=O) groups is 12. The van der Waals surface area contributed by atoms with Crippen LogP contribution in [0.2, 0.25) is 0 Å². The number of rotatable bonds is 17. The van der Waals surface area contributed by atoms with Crippen LogP contribution in [0.1, 0.15) is 234 Å². The minimum atomic E-state index is -1.44. The predicted molar refractivity (Wildman–Crippen MR) is 532 cm³/mol. The van der Waals surface area contributed by atoms with Crippen LogP contribution in [0.15, 0.2) is 138 Å². The molecule has 780 valence electrons. The number of carboxylic acid groups (broad SMARTS) is 3. The standard InChI is InChI=1S/C37H47N7O7.C35H43N7O7.C31H40BrN7O7/c1-36(2,3)51-35(49)38-29-18-11-6-4-5-10-16-26-21-37(26,34(47)48)39-32(45)30-20-27(22-43(30)33(29)46)44-41-31(40-42-44)25-15-12-17-28(19-25)50-23-24-13-8-7-9-14-24;1-34(2,3)49-33(47)36-26-15-9-7-5-6-8-12-21-19-35(21,32(45)46)37-30(43)27-18-22(20-41(27)31(26)44)42-39-29(38-40-42)25-16-17-28(48-4)24-14-11-10-13-23(24)25;1-30(2,3)46-29(44)33-22-11-9-7-5-6-8-10-19-16-31(19,28(42)43)34-26(40)23-15-20(17-38(23)27(22)41)39-36-25(35-37-39)18-12-13-24(45-4)21(32)14-18/h7-9,12-15,17,19,26-27,29-30H,4-6,10-11,16,18,20-23H2,1-3H3,(H,38,49)(H,39,45)(H,47,48);8,10-14,16-17,21-22,26-27H,5-7,9,15,18-20H2,1-4H3,(H,36,47)(H,37,43)(H,45,46);8,10,12-14,19-20,22-23H,5-7,9,11,15-17H2,1-4H3,(H,33,44)(H,34,40)(H,42,43)/b;12-8-;10-8-/t26-,27+,29-,30+,37+;21-,22?,26-,27+,35+;19-,20?,22-,23+,31+/m111/s1. The van der Waals surface area contributed by atoms with Gasteiger partial charge in [-0.1, -0.05) is 149 Å². The second-order valence-corrected chi connectivity index (χ2v) is 42.7. The summed E-state index contributed by atoms with van der Waals surface area (Å²) in [6, 6.07) is 26.4. The maximum absolute atomic E-state index is 14.3. The summed E-state index contributed by atoms with van der Waals surface area (Å²) in [5.41, 5.74) is -3.43. The Morgan fingerprint density at radius 1 is 0.438 bits per heavy atom. The molecule has 5 aromatic carbocycles. The van der Waals surface area contributed by atoms with Gasteiger partial charge in [0.05, 0.1) is 36.8 Å². The fourth-order valence-electron chi connectivity index (χ4n) is 19.9. The summed E-state index contributed by atoms with van der Waals surface area (Å²) >= 11 is 3.46. The van der Waals surface area contributed by atoms with Crippen molar-refractivity contribution in [2.24, 2.45) is 17.8 Å². The Morgan fingerprint density at radius 3 is 1.27 bits per heavy atom. The van der Waals surface area contributed by atoms with E-state index in [0.29, 0.717) is 108 Å². The largest absolute Gasteiger partial charge is 0.496 e. The zero-order valence-corrected chi connectivity index (χ0v) is 85.6. The highest BCUT2D eigenvalue weighted by molar-refractivity contribution is 9.10. The molecule has 43 heteroatoms. The average molecular weight is 2080 g/mol. The molecule has 17 rings (SSSR count). The van der Waals surface area contributed by atoms with E-state index in [-0.39, 0.29) is 69.5 Å². The number of halogens is 1. The number of tetrazole rings is 3. The van der Waals surface area contributed by atoms with Gasteiger partial charge in [0.1, 0.15) is 93.5 Å². The Kier molecular flexibility index (Phi) is 33.0. The molecule has 2 unspecified atom stereocenters. The molecule has 8 aromatic rings. The highest BCUT2D eigenvalue weighted by atomic mass is 79.9. The molecule has 9 heterocycles. The van der Waals surface area contributed by atoms with Crippen molar-refractivity contribution in [3.63, 3.8) is 0 Å². The molecule has 146 heavy (non-hydrogen) atoms. The van der Waals surface area contributed by atoms with E-state index in [2.05, 4.69) is 94.1 Å². The van der Waals surface area contributed by atoms with E-state index in [0.717, 1.165) is 86.1 Å². The number of benzene rings is 5. The molecule has 9 aliphatic rings. The number of carbonyl (C=O) groups excluding carboxylic acids is 9. The van der Waals surface area contributed by atoms with Crippen LogP contribution in [0.25, 0.3) is 44.9 Å². The summed E-state index contributed by atoms with van der Waals surface area (Å²) in [6.45, 7) is 16.2. The van der Waals surface area contributed by atoms with Crippen molar-refractivity contribution in [1.82, 2.24) is 107 Å². The number of allylic oxidation sites excluding steroid dienone is 2. The van der Waals surface area contributed by atoms with Crippen molar-refractivity contribution in [2.75, 3.05) is 33.9 Å². The van der Waals surface area contributed by atoms with E-state index in [4.69, 9.17) is 28.4 Å². The fourth-order valence-corrected chi connectivity index (χ4v) is 20.4. The molecule has 7 fully saturated rings. The Bertz CT molecular complexity index is 6190. The van der Waals surface area contributed by atoms with Gasteiger partial charge < -0.3 is 90.3 Å². The van der Waals surface area contributed by atoms with Crippen LogP contribution in [0, 0.1) is 17.8 Å². The summed E-state index contributed by atoms with van der Waals surface area (Å²) in [6.07, 6.45) is 18.8. The number of nitrogens with zero attached hydrogens (tertiary/aromatic N) is 15. The van der Waals surface area contributed by atoms with Gasteiger partial charge in [-0.2, -0.15) is 14.4 Å². The van der Waals surface area contributed by atoms with Crippen LogP contribution < -0.4 is 46.1 Å². The van der Waals surface area contributed by atoms with Crippen molar-refractivity contribution in [1.29, 1.82) is 0 Å². The average Bonchev–Trinajstić information content (AvgIpc) is 1.58. The lowest BCUT2D eigenvalue weighted by atomic mass is 10.0. The van der Waals surface area contributed by atoms with Gasteiger partial charge >= 0.3 is 36.2 Å². The Labute approximate surface area is 853 Å². The lowest BCUT2D eigenvalue weighted by Crippen LogP contribution is -2.56. The van der Waals surface area contributed by atoms with E-state index in [1.165, 1.54) is 29.1 Å². The quantitative estimate of drug-likeness (QED) is 0.0302. The number of hydrogen-bond donors (Lipinski definition) is 9. The van der Waals surface area contributed by atoms with Gasteiger partial charge in [-0.05, 0) is 224 Å². The van der Waals surface area contributed by atoms with Crippen molar-refractivity contribution in [3.8, 4) is 51.4 Å². The SMILES string of the molecule is CC(C)(C)OC(=O)N[C@@H]1CCCCCCC[C@@H]2C[C@]2(C(=O)O)NC(=O)[C@@H]2C[C@H](n3nnc(-c4cccc(OCc5ccccc5)c4)n3)CN2C1=O.COc1ccc(-c2nnn(C3C[C@H]4C(=O)N[C@@]5(C(=O)O)C[C@H]5/C=C\CCCCC[C@@H](NC(=O)OC(C)(C)C)C(=O)N4C3)n2)c2ccccc12.COc1ccc(-c2nnn(C3C[C@H]4C(=O)N[C@@]5(C(=O)O)C[C@H]5/C=C\CCCCC[C@@H](NC(=O)OC(C)(C)C)C(=O)N4C3)n2)cc1Br. The van der Waals surface area contributed by atoms with Crippen molar-refractivity contribution in [3.05, 3.63) is 144 Å². The third-order valence-corrected chi connectivity index (χ3v) is 28.4. The second-order valence-electron chi connectivity index (χ2n) is 41.9. The Hall–Kier alpha value is -14.0. The number of hydrogen-bond acceptors (Lipinski definition) is 27. The minimum Gasteiger partial charge on any atom is -0.496 e. The van der Waals surface area contributed by atoms with Crippen LogP contribution in [-0.4, -0.2) is 266 Å². The van der Waals surface area contributed by atoms with Crippen LogP contribution in [0.3, 0.4) is 0 Å². The summed E-state index contributed by atoms with van der Waals surface area (Å²) in [5, 5.41) is 88.4. The fraction of sp³-hybridized carbons (Fsp3) is 0.544. The third kappa shape index (κ3) is 25.7. The van der Waals surface area contributed by atoms with Gasteiger partial charge in [-0.3, -0.25) is 28.8 Å². The topological polar surface area (TPSA) is 534 Å². The number of nitrogens with one attached hydrogen (secondary N) is 6. The van der Waals surface area contributed by atoms with Crippen LogP contribution in [0.4, 0.5) is 14.4 Å². The molecule has 42 nitrogen and oxygen atoms in total. The van der Waals surface area contributed by atoms with Gasteiger partial charge in [0.2, 0.25) is 52.9 Å². The van der Waals surface area contributed by atoms with Crippen molar-refractivity contribution >= 4 is 98.3 Å². The molecule has 3 aromatic heterocycles. The first kappa shape index (κ1) is 106. The molecule has 3 aliphatic carbocycles. The minimum absolute atomic E-state index is 0.0476. The maximum Gasteiger partial charge on any atom is 0.408 e. The molecule has 0 radical (unpaired) electrons. The lowest BCUT2D eigenvalue weighted by molar-refractivity contribution is -0.146. The van der Waals surface area contributed by atoms with E-state index in [1.54, 1.807) is 94.7 Å². The van der Waals surface area contributed by atoms with E-state index >= 15 is 0 Å². The maximum atomic E-state index is 14.3. The van der Waals surface area contributed by atoms with Gasteiger partial charge in [0.25, 0.3) is 0 Å². The number of amides is 9. The zero-order valence-electron chi connectivity index (χ0n) is 84.0. The smallest absolute Gasteiger partial charge is 0.408 e. The number of carboxylic acids is 3. The number of aliphatic carboxylic acids is 3. The van der Waals surface area contributed by atoms with Gasteiger partial charge in [-0.15, -0.1) is 30.6 Å². The second kappa shape index (κ2) is 45.3. The number of ether oxygens (including phenoxy) is 6. The summed E-state index contributed by atoms with van der Waals surface area (Å²) in [5.74, 6) is -4.22.